The maximum Gasteiger partial charge on any atom is 0.306 e. The first-order valence-electron chi connectivity index (χ1n) is 3.74. The molecule has 2 aliphatic rings. The molecule has 62 valence electrons. The molecule has 0 aromatic heterocycles. The number of carbonyl (C=O) groups excluding carboxylic acids is 1. The second kappa shape index (κ2) is 2.19. The molecule has 4 heteroatoms. The normalized spacial score (nSPS) is 49.1. The van der Waals surface area contributed by atoms with Gasteiger partial charge in [-0.1, -0.05) is 0 Å². The molecule has 1 saturated heterocycles. The van der Waals surface area contributed by atoms with Crippen molar-refractivity contribution in [2.24, 2.45) is 5.92 Å². The van der Waals surface area contributed by atoms with Crippen molar-refractivity contribution in [3.63, 3.8) is 0 Å². The SMILES string of the molecule is O=C1C[C@H]2[C@H](O)[C@H](O)C[C@H]2O1. The molecule has 0 amide bonds. The van der Waals surface area contributed by atoms with Gasteiger partial charge < -0.3 is 14.9 Å². The fourth-order valence-electron chi connectivity index (χ4n) is 1.85. The third-order valence-electron chi connectivity index (χ3n) is 2.47. The van der Waals surface area contributed by atoms with Crippen LogP contribution in [0.5, 0.6) is 0 Å². The second-order valence-electron chi connectivity index (χ2n) is 3.19. The maximum atomic E-state index is 10.7. The van der Waals surface area contributed by atoms with Crippen LogP contribution in [0.2, 0.25) is 0 Å². The zero-order valence-electron chi connectivity index (χ0n) is 5.93. The lowest BCUT2D eigenvalue weighted by molar-refractivity contribution is -0.142. The molecule has 0 aromatic rings. The molecule has 0 unspecified atom stereocenters. The van der Waals surface area contributed by atoms with Gasteiger partial charge >= 0.3 is 5.97 Å². The number of aliphatic hydroxyl groups is 2. The molecule has 0 spiro atoms. The first-order valence-corrected chi connectivity index (χ1v) is 3.74. The molecular weight excluding hydrogens is 148 g/mol. The lowest BCUT2D eigenvalue weighted by Crippen LogP contribution is -2.25. The molecule has 4 nitrogen and oxygen atoms in total. The summed E-state index contributed by atoms with van der Waals surface area (Å²) in [4.78, 5) is 10.7. The Kier molecular flexibility index (Phi) is 1.40. The summed E-state index contributed by atoms with van der Waals surface area (Å²) in [7, 11) is 0. The van der Waals surface area contributed by atoms with E-state index in [9.17, 15) is 9.90 Å². The number of hydrogen-bond acceptors (Lipinski definition) is 4. The average molecular weight is 158 g/mol. The average Bonchev–Trinajstić information content (AvgIpc) is 2.37. The van der Waals surface area contributed by atoms with Crippen molar-refractivity contribution in [2.45, 2.75) is 31.2 Å². The monoisotopic (exact) mass is 158 g/mol. The number of aliphatic hydroxyl groups excluding tert-OH is 2. The Morgan fingerprint density at radius 3 is 2.82 bits per heavy atom. The molecule has 1 saturated carbocycles. The largest absolute Gasteiger partial charge is 0.462 e. The van der Waals surface area contributed by atoms with Gasteiger partial charge in [0.25, 0.3) is 0 Å². The minimum atomic E-state index is -0.772. The summed E-state index contributed by atoms with van der Waals surface area (Å²) < 4.78 is 4.87. The molecule has 1 heterocycles. The van der Waals surface area contributed by atoms with E-state index in [-0.39, 0.29) is 24.4 Å². The van der Waals surface area contributed by atoms with Crippen molar-refractivity contribution in [3.05, 3.63) is 0 Å². The van der Waals surface area contributed by atoms with Crippen LogP contribution in [0.3, 0.4) is 0 Å². The molecule has 1 aliphatic heterocycles. The number of fused-ring (bicyclic) bond motifs is 1. The summed E-state index contributed by atoms with van der Waals surface area (Å²) in [5, 5.41) is 18.5. The Bertz CT molecular complexity index is 191. The number of rotatable bonds is 0. The molecule has 0 radical (unpaired) electrons. The van der Waals surface area contributed by atoms with E-state index >= 15 is 0 Å². The van der Waals surface area contributed by atoms with Crippen molar-refractivity contribution in [1.29, 1.82) is 0 Å². The quantitative estimate of drug-likeness (QED) is 0.446. The molecule has 2 N–H and O–H groups in total. The Labute approximate surface area is 63.8 Å². The third kappa shape index (κ3) is 0.937. The summed E-state index contributed by atoms with van der Waals surface area (Å²) in [6.07, 6.45) is -1.09. The molecule has 2 fully saturated rings. The van der Waals surface area contributed by atoms with Crippen LogP contribution in [0.15, 0.2) is 0 Å². The van der Waals surface area contributed by atoms with E-state index in [0.29, 0.717) is 6.42 Å². The van der Waals surface area contributed by atoms with Gasteiger partial charge in [0.1, 0.15) is 6.10 Å². The van der Waals surface area contributed by atoms with Crippen molar-refractivity contribution >= 4 is 5.97 Å². The van der Waals surface area contributed by atoms with Crippen molar-refractivity contribution in [1.82, 2.24) is 0 Å². The lowest BCUT2D eigenvalue weighted by Gasteiger charge is -2.10. The number of carbonyl (C=O) groups is 1. The first kappa shape index (κ1) is 7.06. The summed E-state index contributed by atoms with van der Waals surface area (Å²) in [6.45, 7) is 0. The fourth-order valence-corrected chi connectivity index (χ4v) is 1.85. The van der Waals surface area contributed by atoms with Crippen LogP contribution in [0.1, 0.15) is 12.8 Å². The van der Waals surface area contributed by atoms with E-state index < -0.39 is 12.2 Å². The highest BCUT2D eigenvalue weighted by molar-refractivity contribution is 5.72. The molecule has 2 rings (SSSR count). The van der Waals surface area contributed by atoms with E-state index in [1.807, 2.05) is 0 Å². The van der Waals surface area contributed by atoms with Gasteiger partial charge in [0.2, 0.25) is 0 Å². The fraction of sp³-hybridized carbons (Fsp3) is 0.857. The van der Waals surface area contributed by atoms with Gasteiger partial charge in [0.15, 0.2) is 0 Å². The third-order valence-corrected chi connectivity index (χ3v) is 2.47. The highest BCUT2D eigenvalue weighted by Crippen LogP contribution is 2.36. The van der Waals surface area contributed by atoms with E-state index in [1.54, 1.807) is 0 Å². The highest BCUT2D eigenvalue weighted by Gasteiger charge is 2.48. The van der Waals surface area contributed by atoms with Crippen LogP contribution in [-0.2, 0) is 9.53 Å². The molecule has 4 atom stereocenters. The Hall–Kier alpha value is -0.610. The van der Waals surface area contributed by atoms with Gasteiger partial charge in [-0.15, -0.1) is 0 Å². The lowest BCUT2D eigenvalue weighted by atomic mass is 10.0. The summed E-state index contributed by atoms with van der Waals surface area (Å²) in [5.74, 6) is -0.427. The zero-order chi connectivity index (χ0) is 8.01. The minimum Gasteiger partial charge on any atom is -0.462 e. The van der Waals surface area contributed by atoms with E-state index in [4.69, 9.17) is 9.84 Å². The minimum absolute atomic E-state index is 0.169. The first-order chi connectivity index (χ1) is 5.18. The van der Waals surface area contributed by atoms with Crippen LogP contribution in [-0.4, -0.2) is 34.5 Å². The maximum absolute atomic E-state index is 10.7. The Morgan fingerprint density at radius 1 is 1.45 bits per heavy atom. The van der Waals surface area contributed by atoms with Crippen molar-refractivity contribution in [2.75, 3.05) is 0 Å². The molecule has 1 aliphatic carbocycles. The number of hydrogen-bond donors (Lipinski definition) is 2. The summed E-state index contributed by atoms with van der Waals surface area (Å²) in [5.41, 5.74) is 0. The van der Waals surface area contributed by atoms with Crippen molar-refractivity contribution < 1.29 is 19.7 Å². The van der Waals surface area contributed by atoms with E-state index in [0.717, 1.165) is 0 Å². The van der Waals surface area contributed by atoms with Gasteiger partial charge in [-0.2, -0.15) is 0 Å². The van der Waals surface area contributed by atoms with Gasteiger partial charge in [0.05, 0.1) is 18.6 Å². The van der Waals surface area contributed by atoms with Crippen LogP contribution in [0.4, 0.5) is 0 Å². The van der Waals surface area contributed by atoms with Crippen LogP contribution >= 0.6 is 0 Å². The highest BCUT2D eigenvalue weighted by atomic mass is 16.6. The molecular formula is C7H10O4. The van der Waals surface area contributed by atoms with Gasteiger partial charge in [-0.05, 0) is 0 Å². The summed E-state index contributed by atoms with van der Waals surface area (Å²) >= 11 is 0. The van der Waals surface area contributed by atoms with Crippen LogP contribution in [0, 0.1) is 5.92 Å². The van der Waals surface area contributed by atoms with Gasteiger partial charge in [-0.3, -0.25) is 4.79 Å². The zero-order valence-corrected chi connectivity index (χ0v) is 5.93. The molecule has 0 aromatic carbocycles. The Balaban J connectivity index is 2.13. The molecule has 11 heavy (non-hydrogen) atoms. The summed E-state index contributed by atoms with van der Waals surface area (Å²) in [6, 6.07) is 0. The van der Waals surface area contributed by atoms with Gasteiger partial charge in [0, 0.05) is 12.3 Å². The number of ether oxygens (including phenoxy) is 1. The topological polar surface area (TPSA) is 66.8 Å². The van der Waals surface area contributed by atoms with E-state index in [1.165, 1.54) is 0 Å². The van der Waals surface area contributed by atoms with Crippen LogP contribution in [0.25, 0.3) is 0 Å². The smallest absolute Gasteiger partial charge is 0.306 e. The predicted molar refractivity (Wildman–Crippen MR) is 34.6 cm³/mol. The van der Waals surface area contributed by atoms with E-state index in [2.05, 4.69) is 0 Å². The number of esters is 1. The predicted octanol–water partition coefficient (Wildman–Crippen LogP) is -0.956. The van der Waals surface area contributed by atoms with Gasteiger partial charge in [-0.25, -0.2) is 0 Å². The van der Waals surface area contributed by atoms with Crippen LogP contribution < -0.4 is 0 Å². The standard InChI is InChI=1S/C7H10O4/c8-4-2-5-3(7(4)10)1-6(9)11-5/h3-5,7-8,10H,1-2H2/t3-,4-,5-,7+/m1/s1. The van der Waals surface area contributed by atoms with Crippen molar-refractivity contribution in [3.8, 4) is 0 Å². The Morgan fingerprint density at radius 2 is 2.18 bits per heavy atom. The second-order valence-corrected chi connectivity index (χ2v) is 3.19. The molecule has 0 bridgehead atoms.